The van der Waals surface area contributed by atoms with Gasteiger partial charge in [-0.25, -0.2) is 0 Å². The topological polar surface area (TPSA) is 17.1 Å². The molecule has 0 heterocycles. The van der Waals surface area contributed by atoms with Crippen LogP contribution in [0.4, 0.5) is 0 Å². The van der Waals surface area contributed by atoms with E-state index < -0.39 is 0 Å². The summed E-state index contributed by atoms with van der Waals surface area (Å²) >= 11 is 1.59. The summed E-state index contributed by atoms with van der Waals surface area (Å²) in [6, 6.07) is 9.36. The van der Waals surface area contributed by atoms with Crippen LogP contribution >= 0.6 is 11.8 Å². The zero-order valence-corrected chi connectivity index (χ0v) is 8.22. The van der Waals surface area contributed by atoms with Crippen molar-refractivity contribution in [2.75, 3.05) is 11.5 Å². The summed E-state index contributed by atoms with van der Waals surface area (Å²) in [5.74, 6) is 1.56. The molecule has 0 bridgehead atoms. The van der Waals surface area contributed by atoms with Gasteiger partial charge >= 0.3 is 0 Å². The summed E-state index contributed by atoms with van der Waals surface area (Å²) in [5, 5.41) is 0. The summed E-state index contributed by atoms with van der Waals surface area (Å²) < 4.78 is 0. The van der Waals surface area contributed by atoms with Crippen molar-refractivity contribution in [3.05, 3.63) is 48.6 Å². The van der Waals surface area contributed by atoms with Crippen molar-refractivity contribution in [1.29, 1.82) is 0 Å². The van der Waals surface area contributed by atoms with Crippen molar-refractivity contribution in [1.82, 2.24) is 0 Å². The van der Waals surface area contributed by atoms with E-state index in [9.17, 15) is 4.79 Å². The van der Waals surface area contributed by atoms with Crippen LogP contribution in [0.25, 0.3) is 0 Å². The Morgan fingerprint density at radius 3 is 2.69 bits per heavy atom. The highest BCUT2D eigenvalue weighted by Gasteiger charge is 2.02. The Kier molecular flexibility index (Phi) is 4.33. The molecule has 0 spiro atoms. The molecular formula is C11H12OS. The molecule has 0 fully saturated rings. The number of ketones is 1. The number of carbonyl (C=O) groups is 1. The molecule has 1 aromatic carbocycles. The van der Waals surface area contributed by atoms with E-state index in [1.807, 2.05) is 36.4 Å². The average Bonchev–Trinajstić information content (AvgIpc) is 2.19. The van der Waals surface area contributed by atoms with Gasteiger partial charge in [0, 0.05) is 11.3 Å². The van der Waals surface area contributed by atoms with Gasteiger partial charge in [0.15, 0.2) is 5.78 Å². The molecule has 0 radical (unpaired) electrons. The number of benzene rings is 1. The Labute approximate surface area is 82.9 Å². The molecule has 68 valence electrons. The fourth-order valence-electron chi connectivity index (χ4n) is 0.942. The second kappa shape index (κ2) is 5.60. The molecule has 0 aromatic heterocycles. The third kappa shape index (κ3) is 3.47. The van der Waals surface area contributed by atoms with Gasteiger partial charge in [0.25, 0.3) is 0 Å². The maximum Gasteiger partial charge on any atom is 0.172 e. The van der Waals surface area contributed by atoms with Gasteiger partial charge in [-0.2, -0.15) is 0 Å². The molecule has 13 heavy (non-hydrogen) atoms. The number of thioether (sulfide) groups is 1. The lowest BCUT2D eigenvalue weighted by molar-refractivity contribution is 0.102. The van der Waals surface area contributed by atoms with Gasteiger partial charge in [0.2, 0.25) is 0 Å². The second-order valence-corrected chi connectivity index (χ2v) is 3.62. The zero-order valence-electron chi connectivity index (χ0n) is 7.40. The minimum absolute atomic E-state index is 0.187. The Morgan fingerprint density at radius 2 is 2.08 bits per heavy atom. The van der Waals surface area contributed by atoms with Crippen LogP contribution in [0.1, 0.15) is 10.4 Å². The first-order valence-corrected chi connectivity index (χ1v) is 5.27. The van der Waals surface area contributed by atoms with Gasteiger partial charge < -0.3 is 0 Å². The molecule has 0 saturated carbocycles. The first-order chi connectivity index (χ1) is 6.34. The number of carbonyl (C=O) groups excluding carboxylic acids is 1. The monoisotopic (exact) mass is 192 g/mol. The lowest BCUT2D eigenvalue weighted by Crippen LogP contribution is -2.01. The molecule has 0 unspecified atom stereocenters. The SMILES string of the molecule is C=CCSCC(=O)c1ccccc1. The van der Waals surface area contributed by atoms with Crippen LogP contribution in [0.2, 0.25) is 0 Å². The first kappa shape index (κ1) is 10.1. The summed E-state index contributed by atoms with van der Waals surface area (Å²) in [6.45, 7) is 3.60. The number of hydrogen-bond donors (Lipinski definition) is 0. The Hall–Kier alpha value is -1.02. The summed E-state index contributed by atoms with van der Waals surface area (Å²) in [6.07, 6.45) is 1.81. The van der Waals surface area contributed by atoms with E-state index >= 15 is 0 Å². The minimum Gasteiger partial charge on any atom is -0.293 e. The Bertz CT molecular complexity index is 279. The van der Waals surface area contributed by atoms with Crippen molar-refractivity contribution < 1.29 is 4.79 Å². The van der Waals surface area contributed by atoms with E-state index in [1.165, 1.54) is 0 Å². The highest BCUT2D eigenvalue weighted by molar-refractivity contribution is 8.00. The van der Waals surface area contributed by atoms with Crippen LogP contribution in [0, 0.1) is 0 Å². The maximum atomic E-state index is 11.5. The smallest absolute Gasteiger partial charge is 0.172 e. The lowest BCUT2D eigenvalue weighted by Gasteiger charge is -1.98. The lowest BCUT2D eigenvalue weighted by atomic mass is 10.2. The fraction of sp³-hybridized carbons (Fsp3) is 0.182. The number of rotatable bonds is 5. The van der Waals surface area contributed by atoms with Gasteiger partial charge in [0.1, 0.15) is 0 Å². The van der Waals surface area contributed by atoms with Crippen LogP contribution in [-0.2, 0) is 0 Å². The molecule has 2 heteroatoms. The van der Waals surface area contributed by atoms with Crippen LogP contribution in [0.15, 0.2) is 43.0 Å². The van der Waals surface area contributed by atoms with Gasteiger partial charge in [-0.05, 0) is 0 Å². The molecule has 0 aliphatic carbocycles. The maximum absolute atomic E-state index is 11.5. The average molecular weight is 192 g/mol. The van der Waals surface area contributed by atoms with Crippen LogP contribution in [0.3, 0.4) is 0 Å². The van der Waals surface area contributed by atoms with E-state index in [2.05, 4.69) is 6.58 Å². The summed E-state index contributed by atoms with van der Waals surface area (Å²) in [4.78, 5) is 11.5. The Balaban J connectivity index is 2.45. The molecule has 1 rings (SSSR count). The van der Waals surface area contributed by atoms with Crippen LogP contribution < -0.4 is 0 Å². The molecule has 0 aliphatic heterocycles. The predicted molar refractivity (Wildman–Crippen MR) is 58.3 cm³/mol. The quantitative estimate of drug-likeness (QED) is 0.405. The number of hydrogen-bond acceptors (Lipinski definition) is 2. The highest BCUT2D eigenvalue weighted by atomic mass is 32.2. The third-order valence-electron chi connectivity index (χ3n) is 1.56. The fourth-order valence-corrected chi connectivity index (χ4v) is 1.58. The van der Waals surface area contributed by atoms with E-state index in [0.717, 1.165) is 11.3 Å². The summed E-state index contributed by atoms with van der Waals surface area (Å²) in [7, 11) is 0. The Morgan fingerprint density at radius 1 is 1.38 bits per heavy atom. The van der Waals surface area contributed by atoms with Crippen molar-refractivity contribution in [3.8, 4) is 0 Å². The number of Topliss-reactive ketones (excluding diaryl/α,β-unsaturated/α-hetero) is 1. The molecule has 1 aromatic rings. The van der Waals surface area contributed by atoms with Crippen molar-refractivity contribution in [3.63, 3.8) is 0 Å². The van der Waals surface area contributed by atoms with Crippen LogP contribution in [-0.4, -0.2) is 17.3 Å². The molecule has 0 amide bonds. The van der Waals surface area contributed by atoms with E-state index in [1.54, 1.807) is 11.8 Å². The minimum atomic E-state index is 0.187. The standard InChI is InChI=1S/C11H12OS/c1-2-8-13-9-11(12)10-6-4-3-5-7-10/h2-7H,1,8-9H2. The molecule has 0 saturated heterocycles. The van der Waals surface area contributed by atoms with Crippen molar-refractivity contribution in [2.24, 2.45) is 0 Å². The zero-order chi connectivity index (χ0) is 9.52. The van der Waals surface area contributed by atoms with E-state index in [4.69, 9.17) is 0 Å². The van der Waals surface area contributed by atoms with E-state index in [-0.39, 0.29) is 5.78 Å². The molecule has 0 aliphatic rings. The van der Waals surface area contributed by atoms with Gasteiger partial charge in [0.05, 0.1) is 5.75 Å². The van der Waals surface area contributed by atoms with Crippen molar-refractivity contribution >= 4 is 17.5 Å². The molecule has 0 N–H and O–H groups in total. The second-order valence-electron chi connectivity index (χ2n) is 2.59. The highest BCUT2D eigenvalue weighted by Crippen LogP contribution is 2.06. The first-order valence-electron chi connectivity index (χ1n) is 4.11. The normalized spacial score (nSPS) is 9.54. The summed E-state index contributed by atoms with van der Waals surface area (Å²) in [5.41, 5.74) is 0.791. The molecule has 1 nitrogen and oxygen atoms in total. The van der Waals surface area contributed by atoms with Gasteiger partial charge in [-0.1, -0.05) is 36.4 Å². The van der Waals surface area contributed by atoms with E-state index in [0.29, 0.717) is 5.75 Å². The van der Waals surface area contributed by atoms with Gasteiger partial charge in [-0.3, -0.25) is 4.79 Å². The predicted octanol–water partition coefficient (Wildman–Crippen LogP) is 2.79. The van der Waals surface area contributed by atoms with Gasteiger partial charge in [-0.15, -0.1) is 18.3 Å². The molecular weight excluding hydrogens is 180 g/mol. The largest absolute Gasteiger partial charge is 0.293 e. The third-order valence-corrected chi connectivity index (χ3v) is 2.50. The van der Waals surface area contributed by atoms with Crippen LogP contribution in [0.5, 0.6) is 0 Å². The molecule has 0 atom stereocenters. The van der Waals surface area contributed by atoms with Crippen molar-refractivity contribution in [2.45, 2.75) is 0 Å².